The smallest absolute Gasteiger partial charge is 0.412 e. The maximum Gasteiger partial charge on any atom is 0.412 e. The second-order valence-corrected chi connectivity index (χ2v) is 10.1. The second kappa shape index (κ2) is 9.60. The van der Waals surface area contributed by atoms with Crippen LogP contribution >= 0.6 is 23.1 Å². The standard InChI is InChI=1S/C22H29N3O5S2/c1-12-17(23-21(26)30-22(2,3)4)19-25(24-12)18(20(31-8)32-19)16-14(28-6)9-13(11-27-5)10-15(16)29-7/h9-10H,11H2,1-8H3,(H,23,26). The van der Waals surface area contributed by atoms with Crippen LogP contribution in [0.15, 0.2) is 16.3 Å². The monoisotopic (exact) mass is 479 g/mol. The molecule has 8 nitrogen and oxygen atoms in total. The van der Waals surface area contributed by atoms with E-state index in [1.54, 1.807) is 33.1 Å². The summed E-state index contributed by atoms with van der Waals surface area (Å²) in [6.45, 7) is 7.77. The fraction of sp³-hybridized carbons (Fsp3) is 0.455. The van der Waals surface area contributed by atoms with Crippen molar-refractivity contribution in [3.05, 3.63) is 23.4 Å². The van der Waals surface area contributed by atoms with Gasteiger partial charge in [0, 0.05) is 7.11 Å². The highest BCUT2D eigenvalue weighted by atomic mass is 32.2. The minimum atomic E-state index is -0.597. The first kappa shape index (κ1) is 24.2. The molecule has 174 valence electrons. The number of thioether (sulfide) groups is 1. The summed E-state index contributed by atoms with van der Waals surface area (Å²) in [5, 5.41) is 7.59. The molecule has 1 N–H and O–H groups in total. The lowest BCUT2D eigenvalue weighted by Crippen LogP contribution is -2.27. The van der Waals surface area contributed by atoms with Crippen molar-refractivity contribution >= 4 is 39.7 Å². The largest absolute Gasteiger partial charge is 0.496 e. The quantitative estimate of drug-likeness (QED) is 0.441. The van der Waals surface area contributed by atoms with E-state index in [0.29, 0.717) is 29.5 Å². The van der Waals surface area contributed by atoms with Gasteiger partial charge in [-0.25, -0.2) is 9.31 Å². The maximum atomic E-state index is 12.4. The van der Waals surface area contributed by atoms with Crippen LogP contribution in [0.2, 0.25) is 0 Å². The van der Waals surface area contributed by atoms with Crippen LogP contribution in [-0.2, 0) is 16.1 Å². The lowest BCUT2D eigenvalue weighted by Gasteiger charge is -2.19. The van der Waals surface area contributed by atoms with Gasteiger partial charge in [-0.2, -0.15) is 5.10 Å². The third kappa shape index (κ3) is 4.82. The number of carbonyl (C=O) groups excluding carboxylic acids is 1. The summed E-state index contributed by atoms with van der Waals surface area (Å²) in [6.07, 6.45) is 1.48. The molecular weight excluding hydrogens is 450 g/mol. The van der Waals surface area contributed by atoms with E-state index in [0.717, 1.165) is 25.9 Å². The number of carbonyl (C=O) groups is 1. The minimum absolute atomic E-state index is 0.437. The molecule has 0 radical (unpaired) electrons. The number of anilines is 1. The van der Waals surface area contributed by atoms with Crippen LogP contribution in [-0.4, -0.2) is 48.9 Å². The van der Waals surface area contributed by atoms with Crippen molar-refractivity contribution in [1.82, 2.24) is 9.61 Å². The van der Waals surface area contributed by atoms with Crippen LogP contribution in [0, 0.1) is 6.92 Å². The zero-order chi connectivity index (χ0) is 23.6. The number of methoxy groups -OCH3 is 3. The van der Waals surface area contributed by atoms with Crippen LogP contribution in [0.1, 0.15) is 32.0 Å². The number of hydrogen-bond donors (Lipinski definition) is 1. The van der Waals surface area contributed by atoms with Crippen molar-refractivity contribution in [2.75, 3.05) is 32.9 Å². The normalized spacial score (nSPS) is 11.6. The molecule has 0 fully saturated rings. The Labute approximate surface area is 196 Å². The van der Waals surface area contributed by atoms with Gasteiger partial charge in [-0.3, -0.25) is 5.32 Å². The van der Waals surface area contributed by atoms with Gasteiger partial charge in [0.1, 0.15) is 33.3 Å². The maximum absolute atomic E-state index is 12.4. The van der Waals surface area contributed by atoms with Gasteiger partial charge in [0.15, 0.2) is 0 Å². The third-order valence-electron chi connectivity index (χ3n) is 4.54. The van der Waals surface area contributed by atoms with E-state index in [1.165, 1.54) is 11.3 Å². The predicted octanol–water partition coefficient (Wildman–Crippen LogP) is 5.60. The van der Waals surface area contributed by atoms with Crippen molar-refractivity contribution in [2.24, 2.45) is 0 Å². The summed E-state index contributed by atoms with van der Waals surface area (Å²) in [5.41, 5.74) is 3.28. The lowest BCUT2D eigenvalue weighted by atomic mass is 10.1. The first-order valence-electron chi connectivity index (χ1n) is 9.93. The van der Waals surface area contributed by atoms with Crippen LogP contribution in [0.4, 0.5) is 10.5 Å². The summed E-state index contributed by atoms with van der Waals surface area (Å²) < 4.78 is 25.0. The van der Waals surface area contributed by atoms with E-state index >= 15 is 0 Å². The Kier molecular flexibility index (Phi) is 7.26. The molecule has 10 heteroatoms. The van der Waals surface area contributed by atoms with Crippen molar-refractivity contribution in [3.63, 3.8) is 0 Å². The summed E-state index contributed by atoms with van der Waals surface area (Å²) in [5.74, 6) is 1.31. The number of nitrogens with one attached hydrogen (secondary N) is 1. The Bertz CT molecular complexity index is 1110. The van der Waals surface area contributed by atoms with Crippen LogP contribution in [0.3, 0.4) is 0 Å². The van der Waals surface area contributed by atoms with E-state index in [1.807, 2.05) is 50.6 Å². The molecule has 0 saturated carbocycles. The Balaban J connectivity index is 2.20. The SMILES string of the molecule is COCc1cc(OC)c(-c2c(SC)sc3c(NC(=O)OC(C)(C)C)c(C)nn23)c(OC)c1. The molecule has 3 aromatic rings. The number of hydrogen-bond acceptors (Lipinski definition) is 8. The Morgan fingerprint density at radius 3 is 2.31 bits per heavy atom. The van der Waals surface area contributed by atoms with Crippen LogP contribution < -0.4 is 14.8 Å². The molecule has 2 aromatic heterocycles. The highest BCUT2D eigenvalue weighted by molar-refractivity contribution is 8.00. The molecule has 0 spiro atoms. The third-order valence-corrected chi connectivity index (χ3v) is 6.80. The van der Waals surface area contributed by atoms with Gasteiger partial charge in [0.25, 0.3) is 0 Å². The average molecular weight is 480 g/mol. The van der Waals surface area contributed by atoms with E-state index in [-0.39, 0.29) is 0 Å². The molecule has 32 heavy (non-hydrogen) atoms. The second-order valence-electron chi connectivity index (χ2n) is 8.05. The first-order chi connectivity index (χ1) is 15.1. The van der Waals surface area contributed by atoms with Crippen LogP contribution in [0.5, 0.6) is 11.5 Å². The topological polar surface area (TPSA) is 83.3 Å². The summed E-state index contributed by atoms with van der Waals surface area (Å²) in [6, 6.07) is 3.87. The van der Waals surface area contributed by atoms with Crippen molar-refractivity contribution in [2.45, 2.75) is 44.1 Å². The fourth-order valence-electron chi connectivity index (χ4n) is 3.32. The highest BCUT2D eigenvalue weighted by Crippen LogP contribution is 2.48. The van der Waals surface area contributed by atoms with Gasteiger partial charge in [0.05, 0.1) is 36.3 Å². The van der Waals surface area contributed by atoms with Gasteiger partial charge < -0.3 is 18.9 Å². The van der Waals surface area contributed by atoms with E-state index < -0.39 is 11.7 Å². The highest BCUT2D eigenvalue weighted by Gasteiger charge is 2.27. The van der Waals surface area contributed by atoms with Gasteiger partial charge in [-0.05, 0) is 51.6 Å². The van der Waals surface area contributed by atoms with Crippen molar-refractivity contribution < 1.29 is 23.7 Å². The Morgan fingerprint density at radius 1 is 1.19 bits per heavy atom. The van der Waals surface area contributed by atoms with Crippen LogP contribution in [0.25, 0.3) is 16.1 Å². The van der Waals surface area contributed by atoms with E-state index in [2.05, 4.69) is 5.32 Å². The minimum Gasteiger partial charge on any atom is -0.496 e. The fourth-order valence-corrected chi connectivity index (χ4v) is 5.25. The summed E-state index contributed by atoms with van der Waals surface area (Å²) in [4.78, 5) is 13.2. The lowest BCUT2D eigenvalue weighted by molar-refractivity contribution is 0.0636. The van der Waals surface area contributed by atoms with E-state index in [9.17, 15) is 4.79 Å². The predicted molar refractivity (Wildman–Crippen MR) is 129 cm³/mol. The van der Waals surface area contributed by atoms with Gasteiger partial charge >= 0.3 is 6.09 Å². The molecule has 1 aromatic carbocycles. The molecule has 0 saturated heterocycles. The number of nitrogens with zero attached hydrogens (tertiary/aromatic N) is 2. The molecule has 0 bridgehead atoms. The molecule has 0 aliphatic rings. The number of ether oxygens (including phenoxy) is 4. The number of fused-ring (bicyclic) bond motifs is 1. The molecule has 1 amide bonds. The van der Waals surface area contributed by atoms with Crippen molar-refractivity contribution in [1.29, 1.82) is 0 Å². The summed E-state index contributed by atoms with van der Waals surface area (Å²) >= 11 is 3.13. The zero-order valence-corrected chi connectivity index (χ0v) is 21.2. The number of aromatic nitrogens is 2. The number of thiazole rings is 1. The Hall–Kier alpha value is -2.43. The van der Waals surface area contributed by atoms with Crippen molar-refractivity contribution in [3.8, 4) is 22.8 Å². The molecule has 0 unspecified atom stereocenters. The van der Waals surface area contributed by atoms with Gasteiger partial charge in [0.2, 0.25) is 0 Å². The average Bonchev–Trinajstić information content (AvgIpc) is 3.21. The molecule has 3 rings (SSSR count). The number of benzene rings is 1. The number of rotatable bonds is 7. The van der Waals surface area contributed by atoms with E-state index in [4.69, 9.17) is 24.0 Å². The zero-order valence-electron chi connectivity index (χ0n) is 19.6. The van der Waals surface area contributed by atoms with Gasteiger partial charge in [-0.15, -0.1) is 23.1 Å². The van der Waals surface area contributed by atoms with Gasteiger partial charge in [-0.1, -0.05) is 0 Å². The number of amides is 1. The molecular formula is C22H29N3O5S2. The first-order valence-corrected chi connectivity index (χ1v) is 12.0. The molecule has 0 atom stereocenters. The molecule has 0 aliphatic heterocycles. The Morgan fingerprint density at radius 2 is 1.81 bits per heavy atom. The summed E-state index contributed by atoms with van der Waals surface area (Å²) in [7, 11) is 4.90. The number of aryl methyl sites for hydroxylation is 1. The molecule has 2 heterocycles. The molecule has 0 aliphatic carbocycles.